The van der Waals surface area contributed by atoms with E-state index in [1.807, 2.05) is 0 Å². The monoisotopic (exact) mass is 316 g/mol. The van der Waals surface area contributed by atoms with Crippen molar-refractivity contribution in [3.8, 4) is 11.3 Å². The first kappa shape index (κ1) is 15.5. The molecule has 0 unspecified atom stereocenters. The minimum absolute atomic E-state index is 0.0550. The molecule has 2 aromatic rings. The van der Waals surface area contributed by atoms with Crippen molar-refractivity contribution in [2.45, 2.75) is 45.6 Å². The van der Waals surface area contributed by atoms with E-state index in [2.05, 4.69) is 41.1 Å². The van der Waals surface area contributed by atoms with Gasteiger partial charge >= 0.3 is 4.87 Å². The van der Waals surface area contributed by atoms with Gasteiger partial charge < -0.3 is 4.98 Å². The molecule has 1 saturated heterocycles. The predicted octanol–water partition coefficient (Wildman–Crippen LogP) is 4.04. The van der Waals surface area contributed by atoms with Gasteiger partial charge in [-0.25, -0.2) is 0 Å². The van der Waals surface area contributed by atoms with Crippen molar-refractivity contribution in [3.63, 3.8) is 0 Å². The molecule has 1 fully saturated rings. The fourth-order valence-electron chi connectivity index (χ4n) is 3.11. The van der Waals surface area contributed by atoms with Gasteiger partial charge in [0.15, 0.2) is 0 Å². The van der Waals surface area contributed by atoms with Gasteiger partial charge in [-0.1, -0.05) is 55.4 Å². The highest BCUT2D eigenvalue weighted by molar-refractivity contribution is 7.09. The molecular weight excluding hydrogens is 292 g/mol. The molecule has 4 heteroatoms. The quantitative estimate of drug-likeness (QED) is 0.924. The molecule has 0 amide bonds. The van der Waals surface area contributed by atoms with Crippen molar-refractivity contribution < 1.29 is 0 Å². The number of hydrogen-bond donors (Lipinski definition) is 1. The summed E-state index contributed by atoms with van der Waals surface area (Å²) in [6.07, 6.45) is 6.27. The van der Waals surface area contributed by atoms with Crippen LogP contribution in [0.15, 0.2) is 29.1 Å². The number of aromatic amines is 1. The predicted molar refractivity (Wildman–Crippen MR) is 93.5 cm³/mol. The SMILES string of the molecule is CCc1ccc(-c2[nH]c(=O)sc2CN2CCCCCC2)cc1. The number of hydrogen-bond acceptors (Lipinski definition) is 3. The molecule has 1 aromatic carbocycles. The highest BCUT2D eigenvalue weighted by Crippen LogP contribution is 2.26. The molecule has 3 rings (SSSR count). The van der Waals surface area contributed by atoms with Crippen LogP contribution in [0, 0.1) is 0 Å². The molecule has 1 aromatic heterocycles. The molecule has 0 atom stereocenters. The number of nitrogens with zero attached hydrogens (tertiary/aromatic N) is 1. The Labute approximate surface area is 136 Å². The fourth-order valence-corrected chi connectivity index (χ4v) is 4.00. The van der Waals surface area contributed by atoms with Gasteiger partial charge in [-0.3, -0.25) is 9.69 Å². The van der Waals surface area contributed by atoms with E-state index in [-0.39, 0.29) is 4.87 Å². The summed E-state index contributed by atoms with van der Waals surface area (Å²) in [5.41, 5.74) is 3.47. The molecule has 0 aliphatic carbocycles. The summed E-state index contributed by atoms with van der Waals surface area (Å²) in [7, 11) is 0. The Morgan fingerprint density at radius 3 is 2.41 bits per heavy atom. The number of likely N-dealkylation sites (tertiary alicyclic amines) is 1. The molecule has 0 saturated carbocycles. The van der Waals surface area contributed by atoms with E-state index in [0.29, 0.717) is 0 Å². The second kappa shape index (κ2) is 7.25. The summed E-state index contributed by atoms with van der Waals surface area (Å²) in [6, 6.07) is 8.56. The zero-order valence-electron chi connectivity index (χ0n) is 13.2. The van der Waals surface area contributed by atoms with Crippen LogP contribution < -0.4 is 4.87 Å². The Morgan fingerprint density at radius 1 is 1.09 bits per heavy atom. The van der Waals surface area contributed by atoms with E-state index in [4.69, 9.17) is 0 Å². The van der Waals surface area contributed by atoms with Crippen LogP contribution in [-0.4, -0.2) is 23.0 Å². The normalized spacial score (nSPS) is 16.6. The minimum Gasteiger partial charge on any atom is -0.312 e. The third kappa shape index (κ3) is 3.68. The Bertz CT molecular complexity index is 648. The molecule has 2 heterocycles. The molecular formula is C18H24N2OS. The van der Waals surface area contributed by atoms with E-state index in [0.717, 1.165) is 37.3 Å². The van der Waals surface area contributed by atoms with Crippen LogP contribution in [0.2, 0.25) is 0 Å². The Hall–Kier alpha value is -1.39. The number of nitrogens with one attached hydrogen (secondary N) is 1. The number of thiazole rings is 1. The lowest BCUT2D eigenvalue weighted by molar-refractivity contribution is 0.279. The zero-order valence-corrected chi connectivity index (χ0v) is 14.0. The molecule has 118 valence electrons. The van der Waals surface area contributed by atoms with Crippen LogP contribution in [0.1, 0.15) is 43.0 Å². The Balaban J connectivity index is 1.83. The summed E-state index contributed by atoms with van der Waals surface area (Å²) < 4.78 is 0. The van der Waals surface area contributed by atoms with Crippen molar-refractivity contribution in [1.29, 1.82) is 0 Å². The highest BCUT2D eigenvalue weighted by Gasteiger charge is 2.15. The maximum absolute atomic E-state index is 11.9. The summed E-state index contributed by atoms with van der Waals surface area (Å²) in [6.45, 7) is 5.36. The number of aromatic nitrogens is 1. The second-order valence-corrected chi connectivity index (χ2v) is 7.12. The van der Waals surface area contributed by atoms with Gasteiger partial charge in [-0.2, -0.15) is 0 Å². The van der Waals surface area contributed by atoms with Crippen LogP contribution >= 0.6 is 11.3 Å². The average Bonchev–Trinajstić information content (AvgIpc) is 2.74. The fraction of sp³-hybridized carbons (Fsp3) is 0.500. The van der Waals surface area contributed by atoms with E-state index < -0.39 is 0 Å². The molecule has 0 radical (unpaired) electrons. The van der Waals surface area contributed by atoms with Gasteiger partial charge in [-0.15, -0.1) is 0 Å². The number of aryl methyl sites for hydroxylation is 1. The van der Waals surface area contributed by atoms with Crippen molar-refractivity contribution >= 4 is 11.3 Å². The lowest BCUT2D eigenvalue weighted by atomic mass is 10.1. The minimum atomic E-state index is 0.0550. The van der Waals surface area contributed by atoms with Crippen molar-refractivity contribution in [3.05, 3.63) is 44.4 Å². The molecule has 1 aliphatic rings. The van der Waals surface area contributed by atoms with E-state index >= 15 is 0 Å². The second-order valence-electron chi connectivity index (χ2n) is 6.05. The first-order valence-corrected chi connectivity index (χ1v) is 9.11. The molecule has 22 heavy (non-hydrogen) atoms. The van der Waals surface area contributed by atoms with Gasteiger partial charge in [0.25, 0.3) is 0 Å². The zero-order chi connectivity index (χ0) is 15.4. The standard InChI is InChI=1S/C18H24N2OS/c1-2-14-7-9-15(10-8-14)17-16(22-18(21)19-17)13-20-11-5-3-4-6-12-20/h7-10H,2-6,11-13H2,1H3,(H,19,21). The van der Waals surface area contributed by atoms with Crippen molar-refractivity contribution in [1.82, 2.24) is 9.88 Å². The first-order chi connectivity index (χ1) is 10.8. The highest BCUT2D eigenvalue weighted by atomic mass is 32.1. The third-order valence-corrected chi connectivity index (χ3v) is 5.31. The van der Waals surface area contributed by atoms with Gasteiger partial charge in [0, 0.05) is 11.4 Å². The van der Waals surface area contributed by atoms with Crippen molar-refractivity contribution in [2.75, 3.05) is 13.1 Å². The summed E-state index contributed by atoms with van der Waals surface area (Å²) in [5.74, 6) is 0. The lowest BCUT2D eigenvalue weighted by Crippen LogP contribution is -2.23. The smallest absolute Gasteiger partial charge is 0.305 e. The van der Waals surface area contributed by atoms with Crippen LogP contribution in [-0.2, 0) is 13.0 Å². The molecule has 0 bridgehead atoms. The summed E-state index contributed by atoms with van der Waals surface area (Å²) in [5, 5.41) is 0. The molecule has 1 N–H and O–H groups in total. The molecule has 3 nitrogen and oxygen atoms in total. The largest absolute Gasteiger partial charge is 0.312 e. The molecule has 1 aliphatic heterocycles. The maximum Gasteiger partial charge on any atom is 0.305 e. The van der Waals surface area contributed by atoms with Crippen LogP contribution in [0.5, 0.6) is 0 Å². The van der Waals surface area contributed by atoms with Crippen molar-refractivity contribution in [2.24, 2.45) is 0 Å². The van der Waals surface area contributed by atoms with E-state index in [1.54, 1.807) is 0 Å². The van der Waals surface area contributed by atoms with E-state index in [1.165, 1.54) is 47.5 Å². The average molecular weight is 316 g/mol. The Morgan fingerprint density at radius 2 is 1.77 bits per heavy atom. The van der Waals surface area contributed by atoms with Gasteiger partial charge in [0.1, 0.15) is 0 Å². The topological polar surface area (TPSA) is 36.1 Å². The van der Waals surface area contributed by atoms with E-state index in [9.17, 15) is 4.79 Å². The number of benzene rings is 1. The third-order valence-electron chi connectivity index (χ3n) is 4.44. The van der Waals surface area contributed by atoms with Crippen LogP contribution in [0.3, 0.4) is 0 Å². The van der Waals surface area contributed by atoms with Crippen LogP contribution in [0.4, 0.5) is 0 Å². The van der Waals surface area contributed by atoms with Crippen LogP contribution in [0.25, 0.3) is 11.3 Å². The first-order valence-electron chi connectivity index (χ1n) is 8.30. The number of rotatable bonds is 4. The van der Waals surface area contributed by atoms with Gasteiger partial charge in [0.2, 0.25) is 0 Å². The Kier molecular flexibility index (Phi) is 5.11. The lowest BCUT2D eigenvalue weighted by Gasteiger charge is -2.19. The maximum atomic E-state index is 11.9. The summed E-state index contributed by atoms with van der Waals surface area (Å²) >= 11 is 1.37. The summed E-state index contributed by atoms with van der Waals surface area (Å²) in [4.78, 5) is 18.6. The van der Waals surface area contributed by atoms with Gasteiger partial charge in [0.05, 0.1) is 5.69 Å². The number of H-pyrrole nitrogens is 1. The molecule has 0 spiro atoms. The van der Waals surface area contributed by atoms with Gasteiger partial charge in [-0.05, 0) is 43.5 Å².